The summed E-state index contributed by atoms with van der Waals surface area (Å²) in [6.07, 6.45) is 0. The number of aryl methyl sites for hydroxylation is 1. The molecule has 0 bridgehead atoms. The van der Waals surface area contributed by atoms with Gasteiger partial charge in [-0.1, -0.05) is 30.3 Å². The fraction of sp³-hybridized carbons (Fsp3) is 0.0769. The van der Waals surface area contributed by atoms with Gasteiger partial charge in [-0.25, -0.2) is 4.79 Å². The maximum Gasteiger partial charge on any atom is 0.344 e. The number of nitrogens with zero attached hydrogens (tertiary/aromatic N) is 1. The van der Waals surface area contributed by atoms with Crippen molar-refractivity contribution in [1.82, 2.24) is 0 Å². The second kappa shape index (κ2) is 4.37. The molecule has 5 nitrogen and oxygen atoms in total. The Morgan fingerprint density at radius 2 is 1.89 bits per heavy atom. The van der Waals surface area contributed by atoms with Gasteiger partial charge in [-0.3, -0.25) is 5.73 Å². The summed E-state index contributed by atoms with van der Waals surface area (Å²) >= 11 is 0. The van der Waals surface area contributed by atoms with E-state index in [0.29, 0.717) is 16.0 Å². The molecule has 0 saturated carbocycles. The number of rotatable bonds is 2. The Bertz CT molecular complexity index is 609. The van der Waals surface area contributed by atoms with Gasteiger partial charge >= 0.3 is 11.8 Å². The number of aromatic nitrogens is 1. The predicted octanol–water partition coefficient (Wildman–Crippen LogP) is 1.47. The molecule has 92 valence electrons. The van der Waals surface area contributed by atoms with Crippen molar-refractivity contribution in [3.05, 3.63) is 47.7 Å². The van der Waals surface area contributed by atoms with Crippen LogP contribution in [0.25, 0.3) is 11.1 Å². The molecular formula is C13H13N2O3+. The van der Waals surface area contributed by atoms with Crippen LogP contribution in [0.1, 0.15) is 16.1 Å². The summed E-state index contributed by atoms with van der Waals surface area (Å²) in [6.45, 7) is 1.65. The minimum Gasteiger partial charge on any atom is -0.477 e. The van der Waals surface area contributed by atoms with E-state index in [1.807, 2.05) is 18.2 Å². The van der Waals surface area contributed by atoms with Gasteiger partial charge in [0.25, 0.3) is 0 Å². The molecular weight excluding hydrogens is 232 g/mol. The van der Waals surface area contributed by atoms with E-state index >= 15 is 0 Å². The molecule has 0 aliphatic rings. The molecule has 0 atom stereocenters. The SMILES string of the molecule is Cc1cc(-c2ccccc2)c(C(=O)O)c(N)[n+]1O. The molecule has 2 rings (SSSR count). The summed E-state index contributed by atoms with van der Waals surface area (Å²) < 4.78 is 0.676. The third-order valence-electron chi connectivity index (χ3n) is 2.74. The van der Waals surface area contributed by atoms with Gasteiger partial charge in [-0.15, -0.1) is 0 Å². The third kappa shape index (κ3) is 1.86. The van der Waals surface area contributed by atoms with Gasteiger partial charge in [0.1, 0.15) is 5.69 Å². The number of pyridine rings is 1. The smallest absolute Gasteiger partial charge is 0.344 e. The highest BCUT2D eigenvalue weighted by Crippen LogP contribution is 2.26. The molecule has 0 spiro atoms. The Morgan fingerprint density at radius 1 is 1.28 bits per heavy atom. The van der Waals surface area contributed by atoms with Gasteiger partial charge in [0.15, 0.2) is 5.56 Å². The lowest BCUT2D eigenvalue weighted by Gasteiger charge is -2.08. The quantitative estimate of drug-likeness (QED) is 0.552. The van der Waals surface area contributed by atoms with E-state index in [4.69, 9.17) is 5.73 Å². The zero-order valence-corrected chi connectivity index (χ0v) is 9.79. The number of carbonyl (C=O) groups is 1. The Morgan fingerprint density at radius 3 is 2.44 bits per heavy atom. The average molecular weight is 245 g/mol. The lowest BCUT2D eigenvalue weighted by atomic mass is 10.00. The van der Waals surface area contributed by atoms with Crippen molar-refractivity contribution >= 4 is 11.8 Å². The van der Waals surface area contributed by atoms with Crippen LogP contribution in [0, 0.1) is 6.92 Å². The molecule has 0 aliphatic carbocycles. The largest absolute Gasteiger partial charge is 0.477 e. The first-order valence-electron chi connectivity index (χ1n) is 5.35. The number of nitrogen functional groups attached to an aromatic ring is 1. The summed E-state index contributed by atoms with van der Waals surface area (Å²) in [5.74, 6) is -1.35. The van der Waals surface area contributed by atoms with Crippen LogP contribution in [0.2, 0.25) is 0 Å². The summed E-state index contributed by atoms with van der Waals surface area (Å²) in [6, 6.07) is 10.6. The molecule has 0 aliphatic heterocycles. The number of benzene rings is 1. The van der Waals surface area contributed by atoms with Gasteiger partial charge in [-0.05, 0) is 16.4 Å². The molecule has 5 heteroatoms. The average Bonchev–Trinajstić information content (AvgIpc) is 2.36. The Kier molecular flexibility index (Phi) is 2.89. The van der Waals surface area contributed by atoms with E-state index in [-0.39, 0.29) is 11.4 Å². The first-order valence-corrected chi connectivity index (χ1v) is 5.35. The number of nitrogens with two attached hydrogens (primary N) is 1. The predicted molar refractivity (Wildman–Crippen MR) is 65.4 cm³/mol. The fourth-order valence-electron chi connectivity index (χ4n) is 1.85. The number of aromatic carboxylic acids is 1. The van der Waals surface area contributed by atoms with E-state index in [2.05, 4.69) is 0 Å². The van der Waals surface area contributed by atoms with Gasteiger partial charge in [0, 0.05) is 12.5 Å². The Labute approximate surface area is 104 Å². The zero-order chi connectivity index (χ0) is 13.3. The van der Waals surface area contributed by atoms with Crippen LogP contribution in [-0.2, 0) is 0 Å². The van der Waals surface area contributed by atoms with Gasteiger partial charge < -0.3 is 10.3 Å². The maximum absolute atomic E-state index is 11.3. The van der Waals surface area contributed by atoms with Crippen LogP contribution in [0.4, 0.5) is 5.82 Å². The number of hydrogen-bond acceptors (Lipinski definition) is 3. The number of carboxylic acid groups (broad SMARTS) is 1. The van der Waals surface area contributed by atoms with Crippen LogP contribution in [0.3, 0.4) is 0 Å². The Hall–Kier alpha value is -2.56. The van der Waals surface area contributed by atoms with Crippen molar-refractivity contribution in [2.75, 3.05) is 5.73 Å². The summed E-state index contributed by atoms with van der Waals surface area (Å²) in [5.41, 5.74) is 7.25. The van der Waals surface area contributed by atoms with Crippen molar-refractivity contribution in [3.63, 3.8) is 0 Å². The molecule has 0 unspecified atom stereocenters. The summed E-state index contributed by atoms with van der Waals surface area (Å²) in [4.78, 5) is 11.3. The second-order valence-electron chi connectivity index (χ2n) is 3.94. The van der Waals surface area contributed by atoms with Crippen LogP contribution in [-0.4, -0.2) is 16.3 Å². The van der Waals surface area contributed by atoms with E-state index < -0.39 is 5.97 Å². The van der Waals surface area contributed by atoms with Crippen LogP contribution < -0.4 is 10.5 Å². The Balaban J connectivity index is 2.78. The first-order chi connectivity index (χ1) is 8.52. The van der Waals surface area contributed by atoms with E-state index in [1.165, 1.54) is 0 Å². The normalized spacial score (nSPS) is 10.3. The molecule has 0 radical (unpaired) electrons. The van der Waals surface area contributed by atoms with Crippen molar-refractivity contribution in [2.45, 2.75) is 6.92 Å². The van der Waals surface area contributed by atoms with Gasteiger partial charge in [0.2, 0.25) is 0 Å². The van der Waals surface area contributed by atoms with Crippen LogP contribution in [0.15, 0.2) is 36.4 Å². The molecule has 0 fully saturated rings. The van der Waals surface area contributed by atoms with Gasteiger partial charge in [0.05, 0.1) is 0 Å². The first kappa shape index (κ1) is 11.9. The van der Waals surface area contributed by atoms with Crippen molar-refractivity contribution in [2.24, 2.45) is 0 Å². The molecule has 1 aromatic heterocycles. The highest BCUT2D eigenvalue weighted by atomic mass is 16.5. The number of carboxylic acids is 1. The minimum absolute atomic E-state index is 0.102. The minimum atomic E-state index is -1.17. The van der Waals surface area contributed by atoms with Crippen LogP contribution >= 0.6 is 0 Å². The van der Waals surface area contributed by atoms with E-state index in [1.54, 1.807) is 25.1 Å². The topological polar surface area (TPSA) is 87.4 Å². The summed E-state index contributed by atoms with van der Waals surface area (Å²) in [7, 11) is 0. The lowest BCUT2D eigenvalue weighted by molar-refractivity contribution is -0.897. The number of hydrogen-bond donors (Lipinski definition) is 3. The van der Waals surface area contributed by atoms with Crippen LogP contribution in [0.5, 0.6) is 0 Å². The monoisotopic (exact) mass is 245 g/mol. The molecule has 2 aromatic rings. The molecule has 4 N–H and O–H groups in total. The fourth-order valence-corrected chi connectivity index (χ4v) is 1.85. The number of anilines is 1. The standard InChI is InChI=1S/C13H12N2O3/c1-8-7-10(9-5-3-2-4-6-9)11(13(16)17)12(14)15(8)18/h2-7,14,18H,1H3,(H,16,17)/p+1. The third-order valence-corrected chi connectivity index (χ3v) is 2.74. The lowest BCUT2D eigenvalue weighted by Crippen LogP contribution is -2.39. The van der Waals surface area contributed by atoms with Crippen molar-refractivity contribution in [1.29, 1.82) is 0 Å². The molecule has 1 aromatic carbocycles. The highest BCUT2D eigenvalue weighted by Gasteiger charge is 2.25. The van der Waals surface area contributed by atoms with E-state index in [9.17, 15) is 15.1 Å². The van der Waals surface area contributed by atoms with E-state index in [0.717, 1.165) is 5.56 Å². The molecule has 18 heavy (non-hydrogen) atoms. The van der Waals surface area contributed by atoms with Crippen molar-refractivity contribution < 1.29 is 19.8 Å². The molecule has 0 saturated heterocycles. The van der Waals surface area contributed by atoms with Gasteiger partial charge in [-0.2, -0.15) is 0 Å². The second-order valence-corrected chi connectivity index (χ2v) is 3.94. The molecule has 1 heterocycles. The van der Waals surface area contributed by atoms with Crippen molar-refractivity contribution in [3.8, 4) is 11.1 Å². The maximum atomic E-state index is 11.3. The molecule has 0 amide bonds. The highest BCUT2D eigenvalue weighted by molar-refractivity contribution is 5.99. The zero-order valence-electron chi connectivity index (χ0n) is 9.79. The summed E-state index contributed by atoms with van der Waals surface area (Å²) in [5, 5.41) is 18.9.